The van der Waals surface area contributed by atoms with E-state index in [-0.39, 0.29) is 5.69 Å². The van der Waals surface area contributed by atoms with E-state index >= 15 is 0 Å². The summed E-state index contributed by atoms with van der Waals surface area (Å²) >= 11 is 0. The van der Waals surface area contributed by atoms with Crippen molar-refractivity contribution in [1.29, 1.82) is 5.26 Å². The number of halogens is 1. The van der Waals surface area contributed by atoms with Gasteiger partial charge in [-0.1, -0.05) is 0 Å². The third-order valence-electron chi connectivity index (χ3n) is 5.35. The number of aromatic nitrogens is 3. The third-order valence-corrected chi connectivity index (χ3v) is 5.35. The van der Waals surface area contributed by atoms with E-state index in [1.807, 2.05) is 0 Å². The van der Waals surface area contributed by atoms with Crippen LogP contribution in [0.1, 0.15) is 29.9 Å². The van der Waals surface area contributed by atoms with Crippen molar-refractivity contribution in [3.63, 3.8) is 0 Å². The molecular formula is C25H21FN6O. The summed E-state index contributed by atoms with van der Waals surface area (Å²) < 4.78 is 14.6. The van der Waals surface area contributed by atoms with Crippen LogP contribution in [0.5, 0.6) is 0 Å². The van der Waals surface area contributed by atoms with Crippen molar-refractivity contribution in [2.45, 2.75) is 19.3 Å². The summed E-state index contributed by atoms with van der Waals surface area (Å²) in [6.45, 7) is 3.53. The highest BCUT2D eigenvalue weighted by atomic mass is 19.1. The van der Waals surface area contributed by atoms with Gasteiger partial charge in [0.2, 0.25) is 0 Å². The molecule has 0 saturated heterocycles. The highest BCUT2D eigenvalue weighted by Crippen LogP contribution is 2.29. The number of benzene rings is 1. The van der Waals surface area contributed by atoms with Gasteiger partial charge in [0.25, 0.3) is 5.91 Å². The molecule has 3 aromatic heterocycles. The van der Waals surface area contributed by atoms with Gasteiger partial charge in [-0.2, -0.15) is 5.26 Å². The monoisotopic (exact) mass is 440 g/mol. The quantitative estimate of drug-likeness (QED) is 0.456. The summed E-state index contributed by atoms with van der Waals surface area (Å²) in [6.07, 6.45) is 4.75. The Morgan fingerprint density at radius 2 is 1.88 bits per heavy atom. The van der Waals surface area contributed by atoms with Crippen LogP contribution in [0.15, 0.2) is 61.1 Å². The zero-order valence-corrected chi connectivity index (χ0v) is 18.3. The van der Waals surface area contributed by atoms with Crippen LogP contribution < -0.4 is 10.6 Å². The number of rotatable bonds is 5. The SMILES string of the molecule is CNc1cc2ncc(-c3cc(NC(=O)c4cc(C(C)(C)C#N)ccn4)ccc3F)cc2cn1. The molecule has 0 saturated carbocycles. The van der Waals surface area contributed by atoms with Crippen LogP contribution >= 0.6 is 0 Å². The zero-order valence-electron chi connectivity index (χ0n) is 18.3. The molecule has 1 aromatic carbocycles. The number of nitrogens with zero attached hydrogens (tertiary/aromatic N) is 4. The molecule has 3 heterocycles. The molecule has 0 aliphatic heterocycles. The van der Waals surface area contributed by atoms with E-state index in [0.29, 0.717) is 28.2 Å². The molecule has 0 unspecified atom stereocenters. The van der Waals surface area contributed by atoms with Gasteiger partial charge >= 0.3 is 0 Å². The smallest absolute Gasteiger partial charge is 0.274 e. The Hall–Kier alpha value is -4.38. The number of fused-ring (bicyclic) bond motifs is 1. The van der Waals surface area contributed by atoms with Crippen molar-refractivity contribution in [3.8, 4) is 17.2 Å². The standard InChI is InChI=1S/C25H21FN6O/c1-25(2,14-27)17-6-7-29-22(9-17)24(33)32-18-4-5-20(26)19(10-18)15-8-16-13-31-23(28-3)11-21(16)30-12-15/h4-13H,1-3H3,(H,28,31)(H,32,33). The molecule has 4 rings (SSSR count). The Kier molecular flexibility index (Phi) is 5.71. The molecule has 2 N–H and O–H groups in total. The van der Waals surface area contributed by atoms with Crippen molar-refractivity contribution in [2.75, 3.05) is 17.7 Å². The first kappa shape index (κ1) is 21.8. The topological polar surface area (TPSA) is 104 Å². The minimum Gasteiger partial charge on any atom is -0.373 e. The average molecular weight is 440 g/mol. The van der Waals surface area contributed by atoms with Gasteiger partial charge in [-0.3, -0.25) is 14.8 Å². The van der Waals surface area contributed by atoms with Crippen LogP contribution in [-0.2, 0) is 5.41 Å². The summed E-state index contributed by atoms with van der Waals surface area (Å²) in [6, 6.07) is 13.4. The number of carbonyl (C=O) groups is 1. The largest absolute Gasteiger partial charge is 0.373 e. The first-order chi connectivity index (χ1) is 15.8. The Balaban J connectivity index is 1.63. The van der Waals surface area contributed by atoms with Crippen molar-refractivity contribution in [3.05, 3.63) is 78.1 Å². The van der Waals surface area contributed by atoms with Crippen molar-refractivity contribution < 1.29 is 9.18 Å². The fourth-order valence-corrected chi connectivity index (χ4v) is 3.33. The lowest BCUT2D eigenvalue weighted by molar-refractivity contribution is 0.102. The Labute approximate surface area is 190 Å². The van der Waals surface area contributed by atoms with Crippen molar-refractivity contribution in [2.24, 2.45) is 0 Å². The maximum Gasteiger partial charge on any atom is 0.274 e. The lowest BCUT2D eigenvalue weighted by Crippen LogP contribution is -2.18. The van der Waals surface area contributed by atoms with Gasteiger partial charge in [0.05, 0.1) is 17.0 Å². The number of nitrogens with one attached hydrogen (secondary N) is 2. The van der Waals surface area contributed by atoms with Crippen LogP contribution in [0.4, 0.5) is 15.9 Å². The predicted octanol–water partition coefficient (Wildman–Crippen LogP) is 4.93. The highest BCUT2D eigenvalue weighted by molar-refractivity contribution is 6.03. The highest BCUT2D eigenvalue weighted by Gasteiger charge is 2.21. The molecule has 0 bridgehead atoms. The van der Waals surface area contributed by atoms with Gasteiger partial charge in [-0.15, -0.1) is 0 Å². The number of pyridine rings is 3. The average Bonchev–Trinajstić information content (AvgIpc) is 2.84. The lowest BCUT2D eigenvalue weighted by Gasteiger charge is -2.16. The number of hydrogen-bond donors (Lipinski definition) is 2. The molecule has 0 radical (unpaired) electrons. The fourth-order valence-electron chi connectivity index (χ4n) is 3.33. The molecule has 8 heteroatoms. The minimum atomic E-state index is -0.757. The maximum atomic E-state index is 14.6. The molecule has 1 amide bonds. The Morgan fingerprint density at radius 3 is 2.64 bits per heavy atom. The van der Waals surface area contributed by atoms with E-state index < -0.39 is 17.1 Å². The van der Waals surface area contributed by atoms with Gasteiger partial charge in [0.1, 0.15) is 17.3 Å². The van der Waals surface area contributed by atoms with Gasteiger partial charge < -0.3 is 10.6 Å². The predicted molar refractivity (Wildman–Crippen MR) is 125 cm³/mol. The molecule has 0 spiro atoms. The first-order valence-corrected chi connectivity index (χ1v) is 10.2. The number of carbonyl (C=O) groups excluding carboxylic acids is 1. The van der Waals surface area contributed by atoms with E-state index in [2.05, 4.69) is 31.7 Å². The summed E-state index contributed by atoms with van der Waals surface area (Å²) in [5.74, 6) is -0.206. The number of anilines is 2. The molecule has 4 aromatic rings. The van der Waals surface area contributed by atoms with E-state index in [9.17, 15) is 14.4 Å². The maximum absolute atomic E-state index is 14.6. The fraction of sp³-hybridized carbons (Fsp3) is 0.160. The summed E-state index contributed by atoms with van der Waals surface area (Å²) in [7, 11) is 1.77. The molecule has 33 heavy (non-hydrogen) atoms. The second kappa shape index (κ2) is 8.63. The summed E-state index contributed by atoms with van der Waals surface area (Å²) in [5.41, 5.74) is 2.09. The number of hydrogen-bond acceptors (Lipinski definition) is 6. The second-order valence-electron chi connectivity index (χ2n) is 8.05. The van der Waals surface area contributed by atoms with E-state index in [0.717, 1.165) is 10.9 Å². The number of nitriles is 1. The first-order valence-electron chi connectivity index (χ1n) is 10.2. The van der Waals surface area contributed by atoms with E-state index in [4.69, 9.17) is 0 Å². The van der Waals surface area contributed by atoms with Crippen molar-refractivity contribution >= 4 is 28.3 Å². The van der Waals surface area contributed by atoms with Gasteiger partial charge in [0, 0.05) is 53.9 Å². The third kappa shape index (κ3) is 4.48. The van der Waals surface area contributed by atoms with E-state index in [1.165, 1.54) is 18.3 Å². The molecule has 0 fully saturated rings. The summed E-state index contributed by atoms with van der Waals surface area (Å²) in [5, 5.41) is 15.8. The molecule has 164 valence electrons. The molecule has 0 atom stereocenters. The van der Waals surface area contributed by atoms with Crippen LogP contribution in [0, 0.1) is 17.1 Å². The van der Waals surface area contributed by atoms with Crippen molar-refractivity contribution in [1.82, 2.24) is 15.0 Å². The van der Waals surface area contributed by atoms with E-state index in [1.54, 1.807) is 63.6 Å². The minimum absolute atomic E-state index is 0.167. The van der Waals surface area contributed by atoms with Gasteiger partial charge in [-0.25, -0.2) is 9.37 Å². The summed E-state index contributed by atoms with van der Waals surface area (Å²) in [4.78, 5) is 25.6. The van der Waals surface area contributed by atoms with Crippen LogP contribution in [-0.4, -0.2) is 27.9 Å². The van der Waals surface area contributed by atoms with Crippen LogP contribution in [0.25, 0.3) is 22.0 Å². The normalized spacial score (nSPS) is 11.1. The molecule has 7 nitrogen and oxygen atoms in total. The molecular weight excluding hydrogens is 419 g/mol. The number of amides is 1. The zero-order chi connectivity index (χ0) is 23.6. The lowest BCUT2D eigenvalue weighted by atomic mass is 9.86. The Morgan fingerprint density at radius 1 is 1.06 bits per heavy atom. The molecule has 0 aliphatic rings. The Bertz CT molecular complexity index is 1410. The van der Waals surface area contributed by atoms with Crippen LogP contribution in [0.3, 0.4) is 0 Å². The van der Waals surface area contributed by atoms with Gasteiger partial charge in [0.15, 0.2) is 0 Å². The van der Waals surface area contributed by atoms with Gasteiger partial charge in [-0.05, 0) is 55.8 Å². The second-order valence-corrected chi connectivity index (χ2v) is 8.05. The van der Waals surface area contributed by atoms with Crippen LogP contribution in [0.2, 0.25) is 0 Å². The molecule has 0 aliphatic carbocycles.